The van der Waals surface area contributed by atoms with E-state index in [4.69, 9.17) is 4.74 Å². The molecule has 0 aromatic heterocycles. The third kappa shape index (κ3) is 6.95. The Morgan fingerprint density at radius 2 is 1.52 bits per heavy atom. The average molecular weight is 803 g/mol. The van der Waals surface area contributed by atoms with Gasteiger partial charge in [-0.1, -0.05) is 84.4 Å². The van der Waals surface area contributed by atoms with Gasteiger partial charge >= 0.3 is 23.8 Å². The fraction of sp³-hybridized carbons (Fsp3) is 0.729. The van der Waals surface area contributed by atoms with Gasteiger partial charge in [0, 0.05) is 44.4 Å². The van der Waals surface area contributed by atoms with Gasteiger partial charge in [-0.05, 0) is 116 Å². The second-order valence-electron chi connectivity index (χ2n) is 21.4. The molecule has 1 aromatic carbocycles. The number of carbonyl (C=O) groups is 5. The van der Waals surface area contributed by atoms with Gasteiger partial charge in [-0.25, -0.2) is 0 Å². The first-order valence-electron chi connectivity index (χ1n) is 21.8. The minimum atomic E-state index is -1.20. The quantitative estimate of drug-likeness (QED) is 0.180. The molecule has 10 heteroatoms. The van der Waals surface area contributed by atoms with Crippen LogP contribution in [0.2, 0.25) is 0 Å². The van der Waals surface area contributed by atoms with Crippen molar-refractivity contribution < 1.29 is 38.9 Å². The van der Waals surface area contributed by atoms with Gasteiger partial charge < -0.3 is 24.7 Å². The van der Waals surface area contributed by atoms with Gasteiger partial charge in [0.05, 0.1) is 17.9 Å². The molecule has 4 fully saturated rings. The van der Waals surface area contributed by atoms with E-state index in [1.165, 1.54) is 9.80 Å². The summed E-state index contributed by atoms with van der Waals surface area (Å²) in [6, 6.07) is 9.52. The topological polar surface area (TPSA) is 142 Å². The van der Waals surface area contributed by atoms with Crippen molar-refractivity contribution in [3.8, 4) is 0 Å². The van der Waals surface area contributed by atoms with Crippen molar-refractivity contribution in [3.05, 3.63) is 47.0 Å². The molecule has 2 unspecified atom stereocenters. The molecule has 0 bridgehead atoms. The van der Waals surface area contributed by atoms with Crippen LogP contribution in [0.25, 0.3) is 0 Å². The van der Waals surface area contributed by atoms with Crippen molar-refractivity contribution in [1.82, 2.24) is 9.80 Å². The number of nitrogens with zero attached hydrogens (tertiary/aromatic N) is 2. The molecule has 4 saturated carbocycles. The number of likely N-dealkylation sites (N-methyl/N-ethyl adjacent to an activating group) is 1. The molecule has 0 radical (unpaired) electrons. The van der Waals surface area contributed by atoms with Crippen molar-refractivity contribution in [2.45, 2.75) is 145 Å². The van der Waals surface area contributed by atoms with E-state index in [-0.39, 0.29) is 71.3 Å². The summed E-state index contributed by atoms with van der Waals surface area (Å²) in [5.74, 6) is -1.91. The highest BCUT2D eigenvalue weighted by Crippen LogP contribution is 2.77. The number of aliphatic hydroxyl groups excluding tert-OH is 1. The summed E-state index contributed by atoms with van der Waals surface area (Å²) in [4.78, 5) is 68.8. The van der Waals surface area contributed by atoms with Crippen molar-refractivity contribution in [2.24, 2.45) is 56.2 Å². The molecule has 58 heavy (non-hydrogen) atoms. The van der Waals surface area contributed by atoms with Gasteiger partial charge in [0.2, 0.25) is 0 Å². The normalized spacial score (nSPS) is 34.6. The Hall–Kier alpha value is -3.53. The third-order valence-corrected chi connectivity index (χ3v) is 17.0. The predicted octanol–water partition coefficient (Wildman–Crippen LogP) is 7.86. The van der Waals surface area contributed by atoms with Crippen molar-refractivity contribution >= 4 is 29.5 Å². The van der Waals surface area contributed by atoms with Crippen LogP contribution in [0.3, 0.4) is 0 Å². The monoisotopic (exact) mass is 803 g/mol. The van der Waals surface area contributed by atoms with E-state index in [1.54, 1.807) is 27.9 Å². The average Bonchev–Trinajstić information content (AvgIpc) is 3.45. The molecule has 1 aromatic rings. The number of amides is 2. The Kier molecular flexibility index (Phi) is 11.5. The number of aliphatic carboxylic acids is 1. The molecule has 0 aliphatic heterocycles. The highest BCUT2D eigenvalue weighted by Gasteiger charge is 2.71. The number of aliphatic hydroxyl groups is 1. The Morgan fingerprint density at radius 3 is 2.12 bits per heavy atom. The summed E-state index contributed by atoms with van der Waals surface area (Å²) in [6.07, 6.45) is 5.72. The van der Waals surface area contributed by atoms with Crippen LogP contribution in [0.4, 0.5) is 0 Å². The highest BCUT2D eigenvalue weighted by atomic mass is 16.5. The SMILES string of the molecule is CC(C)C1=C2[C@H]3CC[C@@H]4[C@@]5(C)CC[C@H](OC(=O)CC(C)(C)C(=O)O)C(C)(C)[C@@H]5CC[C@@]4(C)[C@]3(C)CCC2(C(O)CN(Cc2ccccc2)C(=O)C(=O)N(C)C)CC1=O. The molecule has 5 aliphatic rings. The number of carboxylic acids is 1. The van der Waals surface area contributed by atoms with Gasteiger partial charge in [0.1, 0.15) is 6.10 Å². The smallest absolute Gasteiger partial charge is 0.312 e. The first kappa shape index (κ1) is 44.0. The Labute approximate surface area is 346 Å². The molecule has 10 nitrogen and oxygen atoms in total. The molecular weight excluding hydrogens is 733 g/mol. The van der Waals surface area contributed by atoms with Crippen LogP contribution in [0.1, 0.15) is 132 Å². The maximum atomic E-state index is 14.3. The molecule has 9 atom stereocenters. The number of hydrogen-bond donors (Lipinski definition) is 2. The summed E-state index contributed by atoms with van der Waals surface area (Å²) in [5, 5.41) is 22.2. The van der Waals surface area contributed by atoms with Crippen LogP contribution < -0.4 is 0 Å². The zero-order chi connectivity index (χ0) is 43.0. The molecule has 320 valence electrons. The van der Waals surface area contributed by atoms with Gasteiger partial charge in [0.15, 0.2) is 5.78 Å². The lowest BCUT2D eigenvalue weighted by Gasteiger charge is -2.72. The van der Waals surface area contributed by atoms with E-state index in [0.717, 1.165) is 61.7 Å². The second-order valence-corrected chi connectivity index (χ2v) is 21.4. The van der Waals surface area contributed by atoms with E-state index >= 15 is 0 Å². The fourth-order valence-corrected chi connectivity index (χ4v) is 13.6. The molecule has 0 heterocycles. The lowest BCUT2D eigenvalue weighted by molar-refractivity contribution is -0.235. The maximum absolute atomic E-state index is 14.3. The maximum Gasteiger partial charge on any atom is 0.312 e. The molecular formula is C48H70N2O8. The Balaban J connectivity index is 1.31. The number of benzene rings is 1. The molecule has 2 N–H and O–H groups in total. The Morgan fingerprint density at radius 1 is 0.862 bits per heavy atom. The van der Waals surface area contributed by atoms with Crippen LogP contribution >= 0.6 is 0 Å². The van der Waals surface area contributed by atoms with Crippen LogP contribution in [0, 0.1) is 56.2 Å². The number of ketones is 1. The highest BCUT2D eigenvalue weighted by molar-refractivity contribution is 6.34. The van der Waals surface area contributed by atoms with E-state index in [0.29, 0.717) is 18.3 Å². The number of carbonyl (C=O) groups excluding carboxylic acids is 4. The number of allylic oxidation sites excluding steroid dienone is 1. The third-order valence-electron chi connectivity index (χ3n) is 17.0. The van der Waals surface area contributed by atoms with Crippen LogP contribution in [-0.4, -0.2) is 82.4 Å². The summed E-state index contributed by atoms with van der Waals surface area (Å²) >= 11 is 0. The van der Waals surface area contributed by atoms with Crippen molar-refractivity contribution in [1.29, 1.82) is 0 Å². The van der Waals surface area contributed by atoms with Crippen molar-refractivity contribution in [2.75, 3.05) is 20.6 Å². The first-order chi connectivity index (χ1) is 26.9. The summed E-state index contributed by atoms with van der Waals surface area (Å²) in [5.41, 5.74) is 0.295. The molecule has 0 saturated heterocycles. The van der Waals surface area contributed by atoms with Gasteiger partial charge in [-0.2, -0.15) is 0 Å². The lowest BCUT2D eigenvalue weighted by Crippen LogP contribution is -2.66. The summed E-state index contributed by atoms with van der Waals surface area (Å²) in [6.45, 7) is 19.3. The van der Waals surface area contributed by atoms with Gasteiger partial charge in [-0.15, -0.1) is 0 Å². The number of rotatable bonds is 10. The van der Waals surface area contributed by atoms with Gasteiger partial charge in [0.25, 0.3) is 0 Å². The van der Waals surface area contributed by atoms with Crippen LogP contribution in [0.5, 0.6) is 0 Å². The van der Waals surface area contributed by atoms with Crippen molar-refractivity contribution in [3.63, 3.8) is 0 Å². The summed E-state index contributed by atoms with van der Waals surface area (Å²) in [7, 11) is 3.11. The summed E-state index contributed by atoms with van der Waals surface area (Å²) < 4.78 is 6.17. The number of esters is 1. The second kappa shape index (κ2) is 15.2. The number of fused-ring (bicyclic) bond motifs is 7. The molecule has 0 spiro atoms. The lowest BCUT2D eigenvalue weighted by atomic mass is 9.33. The van der Waals surface area contributed by atoms with Crippen LogP contribution in [0.15, 0.2) is 41.5 Å². The zero-order valence-corrected chi connectivity index (χ0v) is 37.1. The zero-order valence-electron chi connectivity index (χ0n) is 37.1. The number of Topliss-reactive ketones (excluding diaryl/α,β-unsaturated/α-hetero) is 1. The van der Waals surface area contributed by atoms with Gasteiger partial charge in [-0.3, -0.25) is 24.0 Å². The minimum absolute atomic E-state index is 0.0141. The van der Waals surface area contributed by atoms with E-state index in [1.807, 2.05) is 30.3 Å². The van der Waals surface area contributed by atoms with E-state index in [2.05, 4.69) is 48.5 Å². The standard InChI is InChI=1S/C48H70N2O8/c1-29(2)38-32(51)25-48(35(52)28-50(41(55)40(54)49(10)11)27-30-15-13-12-14-16-30)24-23-46(8)31(39(38)48)17-18-34-45(7)21-20-36(58-37(53)26-43(3,4)42(56)57)44(5,6)33(45)19-22-47(34,46)9/h12-16,29,31,33-36,52H,17-28H2,1-11H3,(H,56,57)/t31-,33+,34-,35?,36+,45+,46-,47-,48?/m1/s1. The molecule has 6 rings (SSSR count). The molecule has 5 aliphatic carbocycles. The largest absolute Gasteiger partial charge is 0.481 e. The van der Waals surface area contributed by atoms with Crippen LogP contribution in [-0.2, 0) is 35.3 Å². The van der Waals surface area contributed by atoms with E-state index in [9.17, 15) is 34.2 Å². The number of hydrogen-bond acceptors (Lipinski definition) is 7. The van der Waals surface area contributed by atoms with E-state index < -0.39 is 40.7 Å². The molecule has 2 amide bonds. The Bertz CT molecular complexity index is 1850. The minimum Gasteiger partial charge on any atom is -0.481 e. The predicted molar refractivity (Wildman–Crippen MR) is 222 cm³/mol. The fourth-order valence-electron chi connectivity index (χ4n) is 13.6. The number of carboxylic acid groups (broad SMARTS) is 1. The number of ether oxygens (including phenoxy) is 1. The first-order valence-corrected chi connectivity index (χ1v) is 21.8.